The average Bonchev–Trinajstić information content (AvgIpc) is 3.20. The van der Waals surface area contributed by atoms with E-state index < -0.39 is 17.4 Å². The van der Waals surface area contributed by atoms with Gasteiger partial charge < -0.3 is 27.8 Å². The first-order valence-electron chi connectivity index (χ1n) is 11.0. The van der Waals surface area contributed by atoms with Gasteiger partial charge in [-0.2, -0.15) is 15.3 Å². The predicted octanol–water partition coefficient (Wildman–Crippen LogP) is 5.35. The maximum absolute atomic E-state index is 12.3. The monoisotopic (exact) mass is 706 g/mol. The molecule has 0 radical (unpaired) electrons. The molecule has 1 aliphatic rings. The van der Waals surface area contributed by atoms with Crippen LogP contribution in [0.25, 0.3) is 0 Å². The third-order valence-electron chi connectivity index (χ3n) is 5.93. The Hall–Kier alpha value is -3.73. The minimum atomic E-state index is -1.44. The van der Waals surface area contributed by atoms with Gasteiger partial charge >= 0.3 is 11.9 Å². The van der Waals surface area contributed by atoms with Crippen molar-refractivity contribution in [2.45, 2.75) is 33.1 Å². The van der Waals surface area contributed by atoms with Gasteiger partial charge in [0.25, 0.3) is 5.91 Å². The summed E-state index contributed by atoms with van der Waals surface area (Å²) >= 11 is 0. The molecule has 0 spiro atoms. The minimum Gasteiger partial charge on any atom is -0.480 e. The zero-order chi connectivity index (χ0) is 25.6. The summed E-state index contributed by atoms with van der Waals surface area (Å²) in [6.07, 6.45) is 2.85. The van der Waals surface area contributed by atoms with Gasteiger partial charge in [-0.05, 0) is 74.6 Å². The number of azo groups is 1. The van der Waals surface area contributed by atoms with E-state index in [-0.39, 0.29) is 52.1 Å². The number of amides is 1. The molecule has 1 aliphatic carbocycles. The van der Waals surface area contributed by atoms with Crippen molar-refractivity contribution in [1.29, 1.82) is 0 Å². The van der Waals surface area contributed by atoms with Gasteiger partial charge in [-0.25, -0.2) is 0 Å². The standard InChI is InChI=1S/C19H19N5O.C6H8O4.2H3N.Pt/c1-13-6-4-5-7-17(13)23-22-15-8-9-16(14(2)12-15)21-19(25)18-10-11-20-24(18)3;7-4(8)6(5(9)10)2-1-3-6;;;/h4-12H,1-3H3,(H,21,25);1-3H2,(H,7,8)(H,9,10);2*1H3;. The Kier molecular flexibility index (Phi) is 13.4. The first-order valence-corrected chi connectivity index (χ1v) is 11.0. The molecular weight excluding hydrogens is 673 g/mol. The van der Waals surface area contributed by atoms with Crippen LogP contribution in [0.2, 0.25) is 0 Å². The van der Waals surface area contributed by atoms with Crippen LogP contribution in [-0.2, 0) is 37.7 Å². The van der Waals surface area contributed by atoms with E-state index in [1.54, 1.807) is 19.3 Å². The summed E-state index contributed by atoms with van der Waals surface area (Å²) in [6, 6.07) is 15.0. The van der Waals surface area contributed by atoms with Gasteiger partial charge in [0.1, 0.15) is 5.69 Å². The molecule has 13 heteroatoms. The molecule has 1 saturated carbocycles. The van der Waals surface area contributed by atoms with Crippen LogP contribution in [0.1, 0.15) is 40.9 Å². The molecule has 1 amide bonds. The van der Waals surface area contributed by atoms with Gasteiger partial charge in [-0.15, -0.1) is 0 Å². The molecule has 38 heavy (non-hydrogen) atoms. The Morgan fingerprint density at radius 3 is 2.03 bits per heavy atom. The molecule has 1 heterocycles. The van der Waals surface area contributed by atoms with Crippen LogP contribution < -0.4 is 17.6 Å². The number of nitrogens with zero attached hydrogens (tertiary/aromatic N) is 4. The van der Waals surface area contributed by atoms with E-state index in [0.717, 1.165) is 28.2 Å². The Morgan fingerprint density at radius 1 is 0.947 bits per heavy atom. The summed E-state index contributed by atoms with van der Waals surface area (Å²) in [5.41, 5.74) is 3.36. The van der Waals surface area contributed by atoms with Gasteiger partial charge in [-0.3, -0.25) is 19.1 Å². The fraction of sp³-hybridized carbons (Fsp3) is 0.280. The molecule has 2 aromatic carbocycles. The molecule has 0 saturated heterocycles. The van der Waals surface area contributed by atoms with Gasteiger partial charge in [0.2, 0.25) is 0 Å². The van der Waals surface area contributed by atoms with Gasteiger partial charge in [0, 0.05) is 40.0 Å². The number of carbonyl (C=O) groups excluding carboxylic acids is 1. The molecule has 0 atom stereocenters. The molecule has 1 aromatic heterocycles. The minimum absolute atomic E-state index is 0. The molecule has 12 nitrogen and oxygen atoms in total. The number of rotatable bonds is 6. The normalized spacial score (nSPS) is 12.8. The van der Waals surface area contributed by atoms with E-state index in [0.29, 0.717) is 12.1 Å². The molecule has 4 rings (SSSR count). The Morgan fingerprint density at radius 2 is 1.58 bits per heavy atom. The summed E-state index contributed by atoms with van der Waals surface area (Å²) in [7, 11) is 1.73. The number of anilines is 1. The van der Waals surface area contributed by atoms with Crippen LogP contribution in [0, 0.1) is 19.3 Å². The number of aliphatic carboxylic acids is 2. The summed E-state index contributed by atoms with van der Waals surface area (Å²) in [4.78, 5) is 33.0. The molecule has 1 fully saturated rings. The number of benzene rings is 2. The number of nitrogens with one attached hydrogen (secondary N) is 1. The van der Waals surface area contributed by atoms with Crippen LogP contribution >= 0.6 is 0 Å². The van der Waals surface area contributed by atoms with Gasteiger partial charge in [-0.1, -0.05) is 18.2 Å². The topological polar surface area (TPSA) is 216 Å². The molecule has 3 aromatic rings. The van der Waals surface area contributed by atoms with E-state index in [9.17, 15) is 14.4 Å². The summed E-state index contributed by atoms with van der Waals surface area (Å²) in [5.74, 6) is -2.60. The number of aryl methyl sites for hydroxylation is 3. The molecule has 0 bridgehead atoms. The van der Waals surface area contributed by atoms with Gasteiger partial charge in [0.15, 0.2) is 5.41 Å². The van der Waals surface area contributed by atoms with E-state index in [1.807, 2.05) is 56.3 Å². The fourth-order valence-electron chi connectivity index (χ4n) is 3.47. The number of aromatic nitrogens is 2. The number of hydrogen-bond acceptors (Lipinski definition) is 8. The summed E-state index contributed by atoms with van der Waals surface area (Å²) < 4.78 is 1.54. The SMILES string of the molecule is Cc1ccccc1N=Nc1ccc(NC(=O)c2ccnn2C)c(C)c1.N.N.O=C(O)C1(C(=O)O)CCC1.[Pt]. The number of carbonyl (C=O) groups is 3. The van der Waals surface area contributed by atoms with E-state index in [2.05, 4.69) is 20.6 Å². The zero-order valence-electron chi connectivity index (χ0n) is 21.5. The van der Waals surface area contributed by atoms with Crippen molar-refractivity contribution in [2.24, 2.45) is 22.7 Å². The second kappa shape index (κ2) is 14.9. The average molecular weight is 707 g/mol. The van der Waals surface area contributed by atoms with Crippen LogP contribution in [0.3, 0.4) is 0 Å². The molecule has 0 aliphatic heterocycles. The largest absolute Gasteiger partial charge is 0.480 e. The maximum atomic E-state index is 12.3. The van der Waals surface area contributed by atoms with Crippen molar-refractivity contribution in [1.82, 2.24) is 22.1 Å². The third-order valence-corrected chi connectivity index (χ3v) is 5.93. The summed E-state index contributed by atoms with van der Waals surface area (Å²) in [5, 5.41) is 32.4. The molecule has 0 unspecified atom stereocenters. The second-order valence-electron chi connectivity index (χ2n) is 8.33. The number of carboxylic acid groups (broad SMARTS) is 2. The van der Waals surface area contributed by atoms with E-state index in [1.165, 1.54) is 4.68 Å². The summed E-state index contributed by atoms with van der Waals surface area (Å²) in [6.45, 7) is 3.92. The van der Waals surface area contributed by atoms with Crippen molar-refractivity contribution in [2.75, 3.05) is 5.32 Å². The molecule has 9 N–H and O–H groups in total. The van der Waals surface area contributed by atoms with Crippen LogP contribution in [0.4, 0.5) is 17.1 Å². The fourth-order valence-corrected chi connectivity index (χ4v) is 3.47. The van der Waals surface area contributed by atoms with Gasteiger partial charge in [0.05, 0.1) is 11.4 Å². The Balaban J connectivity index is 0.000000901. The molecule has 208 valence electrons. The maximum Gasteiger partial charge on any atom is 0.321 e. The van der Waals surface area contributed by atoms with Crippen LogP contribution in [0.5, 0.6) is 0 Å². The van der Waals surface area contributed by atoms with E-state index in [4.69, 9.17) is 10.2 Å². The van der Waals surface area contributed by atoms with Crippen molar-refractivity contribution in [3.8, 4) is 0 Å². The van der Waals surface area contributed by atoms with Crippen molar-refractivity contribution < 1.29 is 45.7 Å². The number of hydrogen-bond donors (Lipinski definition) is 5. The molecular formula is C25H33N7O5Pt. The first-order chi connectivity index (χ1) is 16.6. The van der Waals surface area contributed by atoms with Crippen molar-refractivity contribution >= 4 is 34.9 Å². The van der Waals surface area contributed by atoms with E-state index >= 15 is 0 Å². The zero-order valence-corrected chi connectivity index (χ0v) is 23.7. The smallest absolute Gasteiger partial charge is 0.321 e. The second-order valence-corrected chi connectivity index (χ2v) is 8.33. The third kappa shape index (κ3) is 7.88. The number of carboxylic acids is 2. The van der Waals surface area contributed by atoms with Crippen molar-refractivity contribution in [3.05, 3.63) is 71.5 Å². The van der Waals surface area contributed by atoms with Crippen LogP contribution in [0.15, 0.2) is 65.0 Å². The Labute approximate surface area is 235 Å². The van der Waals surface area contributed by atoms with Crippen molar-refractivity contribution in [3.63, 3.8) is 0 Å². The Bertz CT molecular complexity index is 1270. The quantitative estimate of drug-likeness (QED) is 0.166. The first kappa shape index (κ1) is 34.3. The van der Waals surface area contributed by atoms with Crippen LogP contribution in [-0.4, -0.2) is 37.8 Å². The predicted molar refractivity (Wildman–Crippen MR) is 139 cm³/mol.